The maximum absolute atomic E-state index is 12.4. The maximum atomic E-state index is 12.4. The number of para-hydroxylation sites is 1. The highest BCUT2D eigenvalue weighted by Crippen LogP contribution is 2.35. The smallest absolute Gasteiger partial charge is 0.323 e. The molecule has 0 spiro atoms. The van der Waals surface area contributed by atoms with Crippen LogP contribution in [0.4, 0.5) is 0 Å². The fraction of sp³-hybridized carbons (Fsp3) is 0.500. The summed E-state index contributed by atoms with van der Waals surface area (Å²) in [5, 5.41) is 8.94. The van der Waals surface area contributed by atoms with Crippen LogP contribution in [0.1, 0.15) is 24.3 Å². The number of benzene rings is 1. The van der Waals surface area contributed by atoms with Crippen molar-refractivity contribution >= 4 is 11.9 Å². The highest BCUT2D eigenvalue weighted by atomic mass is 16.5. The third kappa shape index (κ3) is 4.21. The molecule has 1 atom stereocenters. The Hall–Kier alpha value is -2.08. The summed E-state index contributed by atoms with van der Waals surface area (Å²) < 4.78 is 10.5. The lowest BCUT2D eigenvalue weighted by Gasteiger charge is -2.28. The summed E-state index contributed by atoms with van der Waals surface area (Å²) in [5.74, 6) is -0.303. The molecule has 1 amide bonds. The van der Waals surface area contributed by atoms with Crippen LogP contribution in [0.25, 0.3) is 0 Å². The van der Waals surface area contributed by atoms with Crippen LogP contribution in [0, 0.1) is 0 Å². The van der Waals surface area contributed by atoms with Crippen molar-refractivity contribution in [1.29, 1.82) is 0 Å². The number of carbonyl (C=O) groups is 2. The summed E-state index contributed by atoms with van der Waals surface area (Å²) in [4.78, 5) is 24.7. The first-order chi connectivity index (χ1) is 10.6. The van der Waals surface area contributed by atoms with E-state index in [-0.39, 0.29) is 31.3 Å². The SMILES string of the molecule is COCCN(CC(=O)O)C(=O)CC1CCOc2ccccc21. The highest BCUT2D eigenvalue weighted by Gasteiger charge is 2.26. The lowest BCUT2D eigenvalue weighted by molar-refractivity contribution is -0.145. The number of carboxylic acid groups (broad SMARTS) is 1. The van der Waals surface area contributed by atoms with Gasteiger partial charge < -0.3 is 19.5 Å². The number of nitrogens with zero attached hydrogens (tertiary/aromatic N) is 1. The number of methoxy groups -OCH3 is 1. The van der Waals surface area contributed by atoms with E-state index in [0.717, 1.165) is 17.7 Å². The summed E-state index contributed by atoms with van der Waals surface area (Å²) in [6, 6.07) is 7.68. The van der Waals surface area contributed by atoms with Crippen molar-refractivity contribution in [3.63, 3.8) is 0 Å². The molecule has 1 heterocycles. The predicted octanol–water partition coefficient (Wildman–Crippen LogP) is 1.50. The summed E-state index contributed by atoms with van der Waals surface area (Å²) in [6.45, 7) is 0.884. The number of hydrogen-bond donors (Lipinski definition) is 1. The topological polar surface area (TPSA) is 76.1 Å². The number of fused-ring (bicyclic) bond motifs is 1. The molecule has 0 aliphatic carbocycles. The first-order valence-electron chi connectivity index (χ1n) is 7.32. The second-order valence-corrected chi connectivity index (χ2v) is 5.28. The van der Waals surface area contributed by atoms with Crippen molar-refractivity contribution < 1.29 is 24.2 Å². The van der Waals surface area contributed by atoms with Gasteiger partial charge in [-0.3, -0.25) is 9.59 Å². The highest BCUT2D eigenvalue weighted by molar-refractivity contribution is 5.82. The van der Waals surface area contributed by atoms with E-state index in [1.54, 1.807) is 0 Å². The van der Waals surface area contributed by atoms with Crippen LogP contribution >= 0.6 is 0 Å². The van der Waals surface area contributed by atoms with E-state index in [1.807, 2.05) is 24.3 Å². The quantitative estimate of drug-likeness (QED) is 0.826. The van der Waals surface area contributed by atoms with Gasteiger partial charge >= 0.3 is 5.97 Å². The van der Waals surface area contributed by atoms with E-state index in [4.69, 9.17) is 14.6 Å². The average molecular weight is 307 g/mol. The number of aliphatic carboxylic acids is 1. The molecule has 22 heavy (non-hydrogen) atoms. The normalized spacial score (nSPS) is 16.5. The lowest BCUT2D eigenvalue weighted by atomic mass is 9.90. The largest absolute Gasteiger partial charge is 0.493 e. The Labute approximate surface area is 129 Å². The molecule has 0 saturated carbocycles. The van der Waals surface area contributed by atoms with Crippen LogP contribution in [0.15, 0.2) is 24.3 Å². The zero-order valence-electron chi connectivity index (χ0n) is 12.7. The molecule has 1 N–H and O–H groups in total. The van der Waals surface area contributed by atoms with E-state index >= 15 is 0 Å². The average Bonchev–Trinajstić information content (AvgIpc) is 2.51. The molecule has 1 aromatic carbocycles. The van der Waals surface area contributed by atoms with Gasteiger partial charge in [0.25, 0.3) is 0 Å². The van der Waals surface area contributed by atoms with Gasteiger partial charge in [0.1, 0.15) is 12.3 Å². The Morgan fingerprint density at radius 3 is 2.91 bits per heavy atom. The number of ether oxygens (including phenoxy) is 2. The maximum Gasteiger partial charge on any atom is 0.323 e. The lowest BCUT2D eigenvalue weighted by Crippen LogP contribution is -2.38. The van der Waals surface area contributed by atoms with Gasteiger partial charge in [-0.1, -0.05) is 18.2 Å². The molecule has 0 fully saturated rings. The minimum absolute atomic E-state index is 0.0660. The summed E-state index contributed by atoms with van der Waals surface area (Å²) >= 11 is 0. The Morgan fingerprint density at radius 2 is 2.18 bits per heavy atom. The van der Waals surface area contributed by atoms with Gasteiger partial charge in [-0.25, -0.2) is 0 Å². The van der Waals surface area contributed by atoms with Gasteiger partial charge in [0.2, 0.25) is 5.91 Å². The minimum atomic E-state index is -1.02. The molecular formula is C16H21NO5. The third-order valence-corrected chi connectivity index (χ3v) is 3.75. The van der Waals surface area contributed by atoms with Crippen LogP contribution < -0.4 is 4.74 Å². The monoisotopic (exact) mass is 307 g/mol. The van der Waals surface area contributed by atoms with Crippen molar-refractivity contribution in [2.45, 2.75) is 18.8 Å². The number of carboxylic acids is 1. The molecule has 0 radical (unpaired) electrons. The molecule has 1 aliphatic rings. The molecule has 6 nitrogen and oxygen atoms in total. The van der Waals surface area contributed by atoms with Crippen LogP contribution in [0.3, 0.4) is 0 Å². The zero-order chi connectivity index (χ0) is 15.9. The van der Waals surface area contributed by atoms with Crippen LogP contribution in [0.2, 0.25) is 0 Å². The summed E-state index contributed by atoms with van der Waals surface area (Å²) in [5.41, 5.74) is 1.02. The first-order valence-corrected chi connectivity index (χ1v) is 7.32. The minimum Gasteiger partial charge on any atom is -0.493 e. The molecule has 0 aromatic heterocycles. The van der Waals surface area contributed by atoms with Gasteiger partial charge in [-0.15, -0.1) is 0 Å². The van der Waals surface area contributed by atoms with Gasteiger partial charge in [0, 0.05) is 20.1 Å². The van der Waals surface area contributed by atoms with Gasteiger partial charge in [0.15, 0.2) is 0 Å². The Morgan fingerprint density at radius 1 is 1.41 bits per heavy atom. The Bertz CT molecular complexity index is 531. The van der Waals surface area contributed by atoms with Crippen molar-refractivity contribution in [3.05, 3.63) is 29.8 Å². The molecule has 1 aliphatic heterocycles. The van der Waals surface area contributed by atoms with E-state index in [9.17, 15) is 9.59 Å². The molecule has 6 heteroatoms. The number of hydrogen-bond acceptors (Lipinski definition) is 4. The Balaban J connectivity index is 2.05. The van der Waals surface area contributed by atoms with Gasteiger partial charge in [-0.2, -0.15) is 0 Å². The predicted molar refractivity (Wildman–Crippen MR) is 80.0 cm³/mol. The molecule has 0 saturated heterocycles. The summed E-state index contributed by atoms with van der Waals surface area (Å²) in [7, 11) is 1.53. The van der Waals surface area contributed by atoms with Crippen molar-refractivity contribution in [2.75, 3.05) is 33.4 Å². The van der Waals surface area contributed by atoms with Crippen LogP contribution in [-0.2, 0) is 14.3 Å². The third-order valence-electron chi connectivity index (χ3n) is 3.75. The standard InChI is InChI=1S/C16H21NO5/c1-21-9-7-17(11-16(19)20)15(18)10-12-6-8-22-14-5-3-2-4-13(12)14/h2-5,12H,6-11H2,1H3,(H,19,20). The molecule has 120 valence electrons. The first kappa shape index (κ1) is 16.3. The zero-order valence-corrected chi connectivity index (χ0v) is 12.7. The van der Waals surface area contributed by atoms with Crippen molar-refractivity contribution in [1.82, 2.24) is 4.90 Å². The van der Waals surface area contributed by atoms with Crippen molar-refractivity contribution in [2.24, 2.45) is 0 Å². The molecule has 0 bridgehead atoms. The van der Waals surface area contributed by atoms with Crippen molar-refractivity contribution in [3.8, 4) is 5.75 Å². The second-order valence-electron chi connectivity index (χ2n) is 5.28. The van der Waals surface area contributed by atoms with E-state index in [2.05, 4.69) is 0 Å². The van der Waals surface area contributed by atoms with E-state index in [1.165, 1.54) is 12.0 Å². The molecular weight excluding hydrogens is 286 g/mol. The fourth-order valence-corrected chi connectivity index (χ4v) is 2.62. The number of amides is 1. The number of rotatable bonds is 7. The van der Waals surface area contributed by atoms with E-state index in [0.29, 0.717) is 13.2 Å². The number of carbonyl (C=O) groups excluding carboxylic acids is 1. The van der Waals surface area contributed by atoms with Gasteiger partial charge in [0.05, 0.1) is 13.2 Å². The molecule has 1 unspecified atom stereocenters. The molecule has 1 aromatic rings. The Kier molecular flexibility index (Phi) is 5.77. The second kappa shape index (κ2) is 7.79. The van der Waals surface area contributed by atoms with Crippen LogP contribution in [-0.4, -0.2) is 55.3 Å². The van der Waals surface area contributed by atoms with Crippen LogP contribution in [0.5, 0.6) is 5.75 Å². The van der Waals surface area contributed by atoms with Gasteiger partial charge in [-0.05, 0) is 24.0 Å². The summed E-state index contributed by atoms with van der Waals surface area (Å²) in [6.07, 6.45) is 1.05. The fourth-order valence-electron chi connectivity index (χ4n) is 2.62. The van der Waals surface area contributed by atoms with E-state index < -0.39 is 5.97 Å². The molecule has 2 rings (SSSR count).